The van der Waals surface area contributed by atoms with Crippen LogP contribution in [-0.2, 0) is 9.53 Å². The van der Waals surface area contributed by atoms with Gasteiger partial charge in [-0.15, -0.1) is 0 Å². The van der Waals surface area contributed by atoms with Gasteiger partial charge < -0.3 is 9.15 Å². The number of ether oxygens (including phenoxy) is 1. The summed E-state index contributed by atoms with van der Waals surface area (Å²) in [6, 6.07) is 5.34. The zero-order valence-electron chi connectivity index (χ0n) is 8.14. The maximum absolute atomic E-state index is 10.8. The molecule has 0 atom stereocenters. The minimum atomic E-state index is -0.399. The first-order valence-corrected chi connectivity index (χ1v) is 4.40. The van der Waals surface area contributed by atoms with E-state index in [1.54, 1.807) is 30.5 Å². The van der Waals surface area contributed by atoms with Crippen LogP contribution in [0.4, 0.5) is 0 Å². The van der Waals surface area contributed by atoms with E-state index < -0.39 is 5.97 Å². The van der Waals surface area contributed by atoms with Crippen LogP contribution in [0, 0.1) is 0 Å². The smallest absolute Gasteiger partial charge is 0.330 e. The topological polar surface area (TPSA) is 52.3 Å². The first kappa shape index (κ1) is 9.45. The van der Waals surface area contributed by atoms with Crippen molar-refractivity contribution in [2.24, 2.45) is 0 Å². The molecule has 0 N–H and O–H groups in total. The molecule has 0 fully saturated rings. The molecule has 76 valence electrons. The molecular weight excluding hydrogens is 194 g/mol. The lowest BCUT2D eigenvalue weighted by molar-refractivity contribution is -0.134. The molecule has 4 heteroatoms. The fourth-order valence-corrected chi connectivity index (χ4v) is 1.18. The predicted octanol–water partition coefficient (Wildman–Crippen LogP) is 2.01. The second kappa shape index (κ2) is 3.96. The first-order chi connectivity index (χ1) is 7.29. The van der Waals surface area contributed by atoms with Gasteiger partial charge in [0.05, 0.1) is 19.1 Å². The summed E-state index contributed by atoms with van der Waals surface area (Å²) in [6.45, 7) is 0. The van der Waals surface area contributed by atoms with E-state index in [-0.39, 0.29) is 0 Å². The Morgan fingerprint density at radius 2 is 2.33 bits per heavy atom. The van der Waals surface area contributed by atoms with E-state index in [2.05, 4.69) is 9.72 Å². The number of esters is 1. The van der Waals surface area contributed by atoms with Crippen LogP contribution < -0.4 is 0 Å². The van der Waals surface area contributed by atoms with E-state index in [4.69, 9.17) is 4.42 Å². The fourth-order valence-electron chi connectivity index (χ4n) is 1.18. The van der Waals surface area contributed by atoms with Gasteiger partial charge in [-0.25, -0.2) is 9.78 Å². The van der Waals surface area contributed by atoms with Crippen molar-refractivity contribution in [3.8, 4) is 0 Å². The average Bonchev–Trinajstić information content (AvgIpc) is 2.72. The summed E-state index contributed by atoms with van der Waals surface area (Å²) in [5, 5.41) is 0. The van der Waals surface area contributed by atoms with Crippen molar-refractivity contribution in [2.45, 2.75) is 0 Å². The van der Waals surface area contributed by atoms with Crippen LogP contribution in [0.1, 0.15) is 5.69 Å². The maximum Gasteiger partial charge on any atom is 0.330 e. The highest BCUT2D eigenvalue weighted by atomic mass is 16.5. The molecule has 0 saturated carbocycles. The lowest BCUT2D eigenvalue weighted by atomic mass is 10.3. The molecule has 0 saturated heterocycles. The fraction of sp³-hybridized carbons (Fsp3) is 0.0909. The van der Waals surface area contributed by atoms with E-state index >= 15 is 0 Å². The number of furan rings is 1. The van der Waals surface area contributed by atoms with Gasteiger partial charge in [-0.3, -0.25) is 0 Å². The minimum Gasteiger partial charge on any atom is -0.466 e. The summed E-state index contributed by atoms with van der Waals surface area (Å²) in [6.07, 6.45) is 4.50. The first-order valence-electron chi connectivity index (χ1n) is 4.40. The zero-order valence-corrected chi connectivity index (χ0v) is 8.14. The molecule has 0 bridgehead atoms. The minimum absolute atomic E-state index is 0.399. The average molecular weight is 203 g/mol. The Labute approximate surface area is 86.2 Å². The molecule has 0 amide bonds. The Bertz CT molecular complexity index is 513. The Balaban J connectivity index is 2.28. The SMILES string of the molecule is COC(=O)/C=C/c1ccc2occc2n1. The van der Waals surface area contributed by atoms with Crippen LogP contribution in [0.15, 0.2) is 35.0 Å². The lowest BCUT2D eigenvalue weighted by Gasteiger charge is -1.92. The number of pyridine rings is 1. The van der Waals surface area contributed by atoms with Crippen molar-refractivity contribution < 1.29 is 13.9 Å². The number of hydrogen-bond acceptors (Lipinski definition) is 4. The molecule has 2 rings (SSSR count). The summed E-state index contributed by atoms with van der Waals surface area (Å²) in [4.78, 5) is 15.1. The summed E-state index contributed by atoms with van der Waals surface area (Å²) in [5.41, 5.74) is 2.18. The van der Waals surface area contributed by atoms with Crippen LogP contribution in [0.2, 0.25) is 0 Å². The Kier molecular flexibility index (Phi) is 2.49. The van der Waals surface area contributed by atoms with E-state index in [9.17, 15) is 4.79 Å². The van der Waals surface area contributed by atoms with Gasteiger partial charge in [0.25, 0.3) is 0 Å². The molecule has 15 heavy (non-hydrogen) atoms. The van der Waals surface area contributed by atoms with Crippen LogP contribution in [0.5, 0.6) is 0 Å². The van der Waals surface area contributed by atoms with Crippen LogP contribution in [0.25, 0.3) is 17.2 Å². The normalized spacial score (nSPS) is 11.0. The third-order valence-corrected chi connectivity index (χ3v) is 1.92. The molecule has 4 nitrogen and oxygen atoms in total. The number of fused-ring (bicyclic) bond motifs is 1. The quantitative estimate of drug-likeness (QED) is 0.553. The van der Waals surface area contributed by atoms with Crippen molar-refractivity contribution in [1.82, 2.24) is 4.98 Å². The number of methoxy groups -OCH3 is 1. The van der Waals surface area contributed by atoms with Gasteiger partial charge in [-0.05, 0) is 18.2 Å². The zero-order chi connectivity index (χ0) is 10.7. The molecule has 2 heterocycles. The van der Waals surface area contributed by atoms with Gasteiger partial charge in [0.1, 0.15) is 5.52 Å². The lowest BCUT2D eigenvalue weighted by Crippen LogP contribution is -1.93. The summed E-state index contributed by atoms with van der Waals surface area (Å²) < 4.78 is 9.61. The standard InChI is InChI=1S/C11H9NO3/c1-14-11(13)5-3-8-2-4-10-9(12-8)6-7-15-10/h2-7H,1H3/b5-3+. The van der Waals surface area contributed by atoms with E-state index in [1.165, 1.54) is 13.2 Å². The number of rotatable bonds is 2. The second-order valence-electron chi connectivity index (χ2n) is 2.90. The molecule has 0 radical (unpaired) electrons. The summed E-state index contributed by atoms with van der Waals surface area (Å²) in [7, 11) is 1.33. The van der Waals surface area contributed by atoms with E-state index in [0.717, 1.165) is 11.1 Å². The molecule has 0 aliphatic rings. The molecule has 2 aromatic heterocycles. The summed E-state index contributed by atoms with van der Waals surface area (Å²) in [5.74, 6) is -0.399. The molecule has 0 aliphatic heterocycles. The highest BCUT2D eigenvalue weighted by Gasteiger charge is 1.98. The predicted molar refractivity (Wildman–Crippen MR) is 55.1 cm³/mol. The Morgan fingerprint density at radius 3 is 3.13 bits per heavy atom. The monoisotopic (exact) mass is 203 g/mol. The van der Waals surface area contributed by atoms with Crippen LogP contribution >= 0.6 is 0 Å². The van der Waals surface area contributed by atoms with Crippen LogP contribution in [-0.4, -0.2) is 18.1 Å². The van der Waals surface area contributed by atoms with Crippen molar-refractivity contribution in [2.75, 3.05) is 7.11 Å². The molecule has 0 aliphatic carbocycles. The van der Waals surface area contributed by atoms with Gasteiger partial charge in [-0.1, -0.05) is 0 Å². The highest BCUT2D eigenvalue weighted by Crippen LogP contribution is 2.13. The van der Waals surface area contributed by atoms with Crippen molar-refractivity contribution >= 4 is 23.1 Å². The van der Waals surface area contributed by atoms with Crippen molar-refractivity contribution in [1.29, 1.82) is 0 Å². The van der Waals surface area contributed by atoms with Gasteiger partial charge in [-0.2, -0.15) is 0 Å². The molecule has 0 aromatic carbocycles. The van der Waals surface area contributed by atoms with Gasteiger partial charge in [0.15, 0.2) is 5.58 Å². The third kappa shape index (κ3) is 2.04. The maximum atomic E-state index is 10.8. The number of carbonyl (C=O) groups is 1. The highest BCUT2D eigenvalue weighted by molar-refractivity contribution is 5.87. The van der Waals surface area contributed by atoms with Crippen molar-refractivity contribution in [3.05, 3.63) is 36.2 Å². The van der Waals surface area contributed by atoms with Gasteiger partial charge in [0, 0.05) is 12.1 Å². The van der Waals surface area contributed by atoms with Gasteiger partial charge >= 0.3 is 5.97 Å². The summed E-state index contributed by atoms with van der Waals surface area (Å²) >= 11 is 0. The molecule has 0 unspecified atom stereocenters. The molecule has 2 aromatic rings. The largest absolute Gasteiger partial charge is 0.466 e. The third-order valence-electron chi connectivity index (χ3n) is 1.92. The van der Waals surface area contributed by atoms with E-state index in [0.29, 0.717) is 5.69 Å². The number of hydrogen-bond donors (Lipinski definition) is 0. The van der Waals surface area contributed by atoms with Gasteiger partial charge in [0.2, 0.25) is 0 Å². The van der Waals surface area contributed by atoms with Crippen molar-refractivity contribution in [3.63, 3.8) is 0 Å². The van der Waals surface area contributed by atoms with Crippen LogP contribution in [0.3, 0.4) is 0 Å². The molecular formula is C11H9NO3. The number of carbonyl (C=O) groups excluding carboxylic acids is 1. The van der Waals surface area contributed by atoms with E-state index in [1.807, 2.05) is 0 Å². The number of aromatic nitrogens is 1. The second-order valence-corrected chi connectivity index (χ2v) is 2.90. The molecule has 0 spiro atoms. The Morgan fingerprint density at radius 1 is 1.47 bits per heavy atom. The Hall–Kier alpha value is -2.10. The number of nitrogens with zero attached hydrogens (tertiary/aromatic N) is 1.